The van der Waals surface area contributed by atoms with Crippen LogP contribution < -0.4 is 10.1 Å². The average molecular weight is 374 g/mol. The summed E-state index contributed by atoms with van der Waals surface area (Å²) < 4.78 is 28.6. The number of carbonyl (C=O) groups is 1. The summed E-state index contributed by atoms with van der Waals surface area (Å²) in [6.45, 7) is 0. The number of nitrogens with zero attached hydrogens (tertiary/aromatic N) is 1. The number of hydrogen-bond donors (Lipinski definition) is 1. The topological polar surface area (TPSA) is 85.4 Å². The van der Waals surface area contributed by atoms with E-state index in [1.807, 2.05) is 0 Å². The Hall–Kier alpha value is -2.71. The summed E-state index contributed by atoms with van der Waals surface area (Å²) in [6.07, 6.45) is 2.76. The fourth-order valence-corrected chi connectivity index (χ4v) is 3.20. The molecule has 0 saturated carbocycles. The molecule has 6 nitrogen and oxygen atoms in total. The number of rotatable bonds is 5. The molecule has 8 heteroatoms. The molecule has 1 amide bonds. The summed E-state index contributed by atoms with van der Waals surface area (Å²) in [4.78, 5) is 16.4. The van der Waals surface area contributed by atoms with Gasteiger partial charge in [-0.2, -0.15) is 0 Å². The molecule has 0 bridgehead atoms. The Bertz CT molecular complexity index is 982. The van der Waals surface area contributed by atoms with Gasteiger partial charge in [0.25, 0.3) is 5.91 Å². The van der Waals surface area contributed by atoms with Crippen molar-refractivity contribution in [2.75, 3.05) is 11.6 Å². The first-order chi connectivity index (χ1) is 11.9. The molecule has 0 fully saturated rings. The molecule has 0 unspecified atom stereocenters. The number of sulfone groups is 1. The summed E-state index contributed by atoms with van der Waals surface area (Å²) in [5, 5.41) is 4.99. The zero-order valence-electron chi connectivity index (χ0n) is 13.2. The van der Waals surface area contributed by atoms with Crippen molar-refractivity contribution in [2.24, 2.45) is 0 Å². The Kier molecular flexibility index (Phi) is 4.82. The second-order valence-electron chi connectivity index (χ2n) is 5.16. The molecule has 2 aromatic carbocycles. The molecule has 1 heterocycles. The molecular formula is C17H14N2O4S2. The van der Waals surface area contributed by atoms with Crippen molar-refractivity contribution in [1.82, 2.24) is 4.98 Å². The molecule has 25 heavy (non-hydrogen) atoms. The number of ether oxygens (including phenoxy) is 1. The van der Waals surface area contributed by atoms with Crippen LogP contribution in [0, 0.1) is 0 Å². The predicted molar refractivity (Wildman–Crippen MR) is 96.1 cm³/mol. The maximum Gasteiger partial charge on any atom is 0.257 e. The highest BCUT2D eigenvalue weighted by atomic mass is 32.2. The summed E-state index contributed by atoms with van der Waals surface area (Å²) in [6, 6.07) is 12.8. The standard InChI is InChI=1S/C17H14N2O4S2/c1-25(21,22)15-7-5-13(6-8-15)23-14-4-2-3-12(11-14)16(20)19-17-18-9-10-24-17/h2-11H,1H3,(H,18,19,20). The van der Waals surface area contributed by atoms with Crippen molar-refractivity contribution >= 4 is 32.2 Å². The van der Waals surface area contributed by atoms with Gasteiger partial charge in [0.2, 0.25) is 0 Å². The quantitative estimate of drug-likeness (QED) is 0.738. The van der Waals surface area contributed by atoms with E-state index < -0.39 is 9.84 Å². The SMILES string of the molecule is CS(=O)(=O)c1ccc(Oc2cccc(C(=O)Nc3nccs3)c2)cc1. The Labute approximate surface area is 149 Å². The van der Waals surface area contributed by atoms with Crippen molar-refractivity contribution in [3.05, 3.63) is 65.7 Å². The van der Waals surface area contributed by atoms with Gasteiger partial charge >= 0.3 is 0 Å². The fourth-order valence-electron chi connectivity index (χ4n) is 2.05. The highest BCUT2D eigenvalue weighted by Crippen LogP contribution is 2.24. The Morgan fingerprint density at radius 2 is 1.88 bits per heavy atom. The first-order valence-electron chi connectivity index (χ1n) is 7.21. The van der Waals surface area contributed by atoms with Crippen LogP contribution in [-0.2, 0) is 9.84 Å². The van der Waals surface area contributed by atoms with Crippen LogP contribution in [0.4, 0.5) is 5.13 Å². The van der Waals surface area contributed by atoms with Crippen LogP contribution in [0.5, 0.6) is 11.5 Å². The van der Waals surface area contributed by atoms with E-state index in [0.29, 0.717) is 22.2 Å². The van der Waals surface area contributed by atoms with Crippen LogP contribution in [-0.4, -0.2) is 25.6 Å². The number of amides is 1. The van der Waals surface area contributed by atoms with Gasteiger partial charge in [-0.25, -0.2) is 13.4 Å². The van der Waals surface area contributed by atoms with E-state index in [1.165, 1.54) is 23.5 Å². The normalized spacial score (nSPS) is 11.1. The lowest BCUT2D eigenvalue weighted by atomic mass is 10.2. The summed E-state index contributed by atoms with van der Waals surface area (Å²) >= 11 is 1.33. The summed E-state index contributed by atoms with van der Waals surface area (Å²) in [5.74, 6) is 0.664. The van der Waals surface area contributed by atoms with Crippen molar-refractivity contribution in [3.8, 4) is 11.5 Å². The monoisotopic (exact) mass is 374 g/mol. The van der Waals surface area contributed by atoms with Crippen LogP contribution in [0.25, 0.3) is 0 Å². The molecule has 0 saturated heterocycles. The largest absolute Gasteiger partial charge is 0.457 e. The maximum atomic E-state index is 12.2. The molecule has 0 atom stereocenters. The van der Waals surface area contributed by atoms with Gasteiger partial charge in [0, 0.05) is 23.4 Å². The number of anilines is 1. The summed E-state index contributed by atoms with van der Waals surface area (Å²) in [5.41, 5.74) is 0.431. The number of benzene rings is 2. The smallest absolute Gasteiger partial charge is 0.257 e. The van der Waals surface area contributed by atoms with Crippen LogP contribution >= 0.6 is 11.3 Å². The van der Waals surface area contributed by atoms with Crippen molar-refractivity contribution in [2.45, 2.75) is 4.90 Å². The number of thiazole rings is 1. The molecular weight excluding hydrogens is 360 g/mol. The molecule has 0 aliphatic rings. The van der Waals surface area contributed by atoms with Crippen LogP contribution in [0.3, 0.4) is 0 Å². The third kappa shape index (κ3) is 4.43. The van der Waals surface area contributed by atoms with Gasteiger partial charge in [0.05, 0.1) is 4.90 Å². The van der Waals surface area contributed by atoms with E-state index in [-0.39, 0.29) is 10.8 Å². The Morgan fingerprint density at radius 1 is 1.12 bits per heavy atom. The highest BCUT2D eigenvalue weighted by molar-refractivity contribution is 7.90. The Balaban J connectivity index is 1.74. The minimum atomic E-state index is -3.25. The Morgan fingerprint density at radius 3 is 2.52 bits per heavy atom. The molecule has 3 rings (SSSR count). The zero-order valence-corrected chi connectivity index (χ0v) is 14.8. The second-order valence-corrected chi connectivity index (χ2v) is 8.08. The third-order valence-electron chi connectivity index (χ3n) is 3.24. The first-order valence-corrected chi connectivity index (χ1v) is 9.98. The number of nitrogens with one attached hydrogen (secondary N) is 1. The molecule has 128 valence electrons. The van der Waals surface area contributed by atoms with E-state index in [0.717, 1.165) is 6.26 Å². The molecule has 0 radical (unpaired) electrons. The predicted octanol–water partition coefficient (Wildman–Crippen LogP) is 3.59. The third-order valence-corrected chi connectivity index (χ3v) is 5.05. The number of carbonyl (C=O) groups excluding carboxylic acids is 1. The van der Waals surface area contributed by atoms with Gasteiger partial charge in [-0.15, -0.1) is 11.3 Å². The van der Waals surface area contributed by atoms with Gasteiger partial charge in [0.15, 0.2) is 15.0 Å². The van der Waals surface area contributed by atoms with Gasteiger partial charge in [-0.05, 0) is 42.5 Å². The van der Waals surface area contributed by atoms with Gasteiger partial charge in [-0.3, -0.25) is 10.1 Å². The molecule has 1 aromatic heterocycles. The lowest BCUT2D eigenvalue weighted by molar-refractivity contribution is 0.102. The van der Waals surface area contributed by atoms with Crippen LogP contribution in [0.15, 0.2) is 65.0 Å². The average Bonchev–Trinajstić information content (AvgIpc) is 3.08. The van der Waals surface area contributed by atoms with E-state index in [9.17, 15) is 13.2 Å². The lowest BCUT2D eigenvalue weighted by Gasteiger charge is -2.08. The van der Waals surface area contributed by atoms with Gasteiger partial charge < -0.3 is 4.74 Å². The van der Waals surface area contributed by atoms with E-state index in [4.69, 9.17) is 4.74 Å². The van der Waals surface area contributed by atoms with E-state index in [2.05, 4.69) is 10.3 Å². The van der Waals surface area contributed by atoms with Crippen molar-refractivity contribution in [1.29, 1.82) is 0 Å². The maximum absolute atomic E-state index is 12.2. The van der Waals surface area contributed by atoms with Gasteiger partial charge in [-0.1, -0.05) is 6.07 Å². The fraction of sp³-hybridized carbons (Fsp3) is 0.0588. The number of aromatic nitrogens is 1. The lowest BCUT2D eigenvalue weighted by Crippen LogP contribution is -2.11. The minimum Gasteiger partial charge on any atom is -0.457 e. The zero-order chi connectivity index (χ0) is 17.9. The first kappa shape index (κ1) is 17.1. The number of hydrogen-bond acceptors (Lipinski definition) is 6. The molecule has 0 spiro atoms. The summed E-state index contributed by atoms with van der Waals surface area (Å²) in [7, 11) is -3.25. The highest BCUT2D eigenvalue weighted by Gasteiger charge is 2.10. The van der Waals surface area contributed by atoms with E-state index in [1.54, 1.807) is 48.0 Å². The van der Waals surface area contributed by atoms with Crippen LogP contribution in [0.1, 0.15) is 10.4 Å². The minimum absolute atomic E-state index is 0.219. The molecule has 1 N–H and O–H groups in total. The molecule has 0 aliphatic heterocycles. The van der Waals surface area contributed by atoms with Crippen molar-refractivity contribution < 1.29 is 17.9 Å². The molecule has 3 aromatic rings. The van der Waals surface area contributed by atoms with Gasteiger partial charge in [0.1, 0.15) is 11.5 Å². The van der Waals surface area contributed by atoms with Crippen LogP contribution in [0.2, 0.25) is 0 Å². The second kappa shape index (κ2) is 7.04. The van der Waals surface area contributed by atoms with E-state index >= 15 is 0 Å². The molecule has 0 aliphatic carbocycles. The van der Waals surface area contributed by atoms with Crippen molar-refractivity contribution in [3.63, 3.8) is 0 Å².